The number of thiocarbonyl (C=S) groups is 1. The molecule has 0 fully saturated rings. The third-order valence-corrected chi connectivity index (χ3v) is 3.51. The van der Waals surface area contributed by atoms with Gasteiger partial charge in [0.2, 0.25) is 0 Å². The molecule has 0 spiro atoms. The minimum absolute atomic E-state index is 0.0478. The lowest BCUT2D eigenvalue weighted by atomic mass is 10.2. The molecular weight excluding hydrogens is 361 g/mol. The van der Waals surface area contributed by atoms with Gasteiger partial charge in [0.15, 0.2) is 5.11 Å². The fourth-order valence-electron chi connectivity index (χ4n) is 1.66. The summed E-state index contributed by atoms with van der Waals surface area (Å²) in [5.41, 5.74) is 0.360. The number of hydrogen-bond acceptors (Lipinski definition) is 4. The number of nitrogens with zero attached hydrogens (tertiary/aromatic N) is 1. The molecule has 0 aromatic heterocycles. The highest BCUT2D eigenvalue weighted by molar-refractivity contribution is 7.80. The Labute approximate surface area is 146 Å². The first-order valence-electron chi connectivity index (χ1n) is 6.18. The van der Waals surface area contributed by atoms with Gasteiger partial charge in [-0.1, -0.05) is 23.2 Å². The number of nitro benzene ring substituents is 1. The Kier molecular flexibility index (Phi) is 5.49. The molecule has 2 aromatic rings. The van der Waals surface area contributed by atoms with Crippen LogP contribution in [0, 0.1) is 10.1 Å². The number of carbonyl (C=O) groups is 1. The minimum atomic E-state index is -0.663. The van der Waals surface area contributed by atoms with Gasteiger partial charge in [-0.15, -0.1) is 0 Å². The van der Waals surface area contributed by atoms with Crippen molar-refractivity contribution in [1.29, 1.82) is 0 Å². The lowest BCUT2D eigenvalue weighted by Gasteiger charge is -2.09. The van der Waals surface area contributed by atoms with Crippen molar-refractivity contribution in [2.24, 2.45) is 0 Å². The summed E-state index contributed by atoms with van der Waals surface area (Å²) in [4.78, 5) is 22.2. The second kappa shape index (κ2) is 7.36. The Bertz CT molecular complexity index is 781. The van der Waals surface area contributed by atoms with Crippen molar-refractivity contribution in [3.8, 4) is 0 Å². The third kappa shape index (κ3) is 4.62. The monoisotopic (exact) mass is 369 g/mol. The highest BCUT2D eigenvalue weighted by Gasteiger charge is 2.16. The summed E-state index contributed by atoms with van der Waals surface area (Å²) in [5.74, 6) is -0.587. The van der Waals surface area contributed by atoms with Crippen molar-refractivity contribution in [3.05, 3.63) is 68.2 Å². The van der Waals surface area contributed by atoms with Gasteiger partial charge in [-0.3, -0.25) is 20.2 Å². The standard InChI is InChI=1S/C14H9Cl2N3O3S/c15-9-2-4-10(5-3-9)17-14(23)18-13(20)8-1-6-11(16)12(7-8)19(21)22/h1-7H,(H2,17,18,20,23). The van der Waals surface area contributed by atoms with Crippen LogP contribution < -0.4 is 10.6 Å². The second-order valence-corrected chi connectivity index (χ2v) is 5.59. The van der Waals surface area contributed by atoms with E-state index in [9.17, 15) is 14.9 Å². The maximum absolute atomic E-state index is 12.1. The number of amides is 1. The van der Waals surface area contributed by atoms with Gasteiger partial charge in [-0.2, -0.15) is 0 Å². The summed E-state index contributed by atoms with van der Waals surface area (Å²) in [6.07, 6.45) is 0. The van der Waals surface area contributed by atoms with Crippen LogP contribution in [-0.4, -0.2) is 15.9 Å². The number of halogens is 2. The molecule has 0 aliphatic rings. The number of rotatable bonds is 3. The molecule has 0 aliphatic heterocycles. The molecule has 9 heteroatoms. The summed E-state index contributed by atoms with van der Waals surface area (Å²) in [5, 5.41) is 16.6. The van der Waals surface area contributed by atoms with Gasteiger partial charge >= 0.3 is 0 Å². The molecule has 0 radical (unpaired) electrons. The van der Waals surface area contributed by atoms with Crippen LogP contribution in [0.15, 0.2) is 42.5 Å². The van der Waals surface area contributed by atoms with Crippen LogP contribution in [0.2, 0.25) is 10.0 Å². The van der Waals surface area contributed by atoms with E-state index in [2.05, 4.69) is 10.6 Å². The summed E-state index contributed by atoms with van der Waals surface area (Å²) < 4.78 is 0. The lowest BCUT2D eigenvalue weighted by molar-refractivity contribution is -0.384. The first kappa shape index (κ1) is 17.1. The molecule has 118 valence electrons. The normalized spacial score (nSPS) is 10.0. The van der Waals surface area contributed by atoms with Gasteiger partial charge in [-0.25, -0.2) is 0 Å². The topological polar surface area (TPSA) is 84.3 Å². The molecule has 0 saturated carbocycles. The molecule has 0 aliphatic carbocycles. The molecule has 2 N–H and O–H groups in total. The number of hydrogen-bond donors (Lipinski definition) is 2. The summed E-state index contributed by atoms with van der Waals surface area (Å²) in [7, 11) is 0. The average Bonchev–Trinajstić information content (AvgIpc) is 2.49. The quantitative estimate of drug-likeness (QED) is 0.484. The van der Waals surface area contributed by atoms with Gasteiger partial charge in [0.05, 0.1) is 4.92 Å². The van der Waals surface area contributed by atoms with Gasteiger partial charge in [0.1, 0.15) is 5.02 Å². The van der Waals surface area contributed by atoms with E-state index in [1.165, 1.54) is 12.1 Å². The largest absolute Gasteiger partial charge is 0.332 e. The molecule has 0 heterocycles. The average molecular weight is 370 g/mol. The predicted molar refractivity (Wildman–Crippen MR) is 93.2 cm³/mol. The maximum atomic E-state index is 12.1. The van der Waals surface area contributed by atoms with Crippen molar-refractivity contribution in [2.75, 3.05) is 5.32 Å². The minimum Gasteiger partial charge on any atom is -0.332 e. The summed E-state index contributed by atoms with van der Waals surface area (Å²) >= 11 is 16.5. The highest BCUT2D eigenvalue weighted by atomic mass is 35.5. The summed E-state index contributed by atoms with van der Waals surface area (Å²) in [6, 6.07) is 10.4. The number of nitro groups is 1. The number of anilines is 1. The molecule has 0 unspecified atom stereocenters. The van der Waals surface area contributed by atoms with Gasteiger partial charge in [0.25, 0.3) is 11.6 Å². The van der Waals surface area contributed by atoms with Crippen molar-refractivity contribution in [3.63, 3.8) is 0 Å². The molecule has 0 atom stereocenters. The molecule has 1 amide bonds. The van der Waals surface area contributed by atoms with Gasteiger partial charge < -0.3 is 5.32 Å². The Morgan fingerprint density at radius 3 is 2.39 bits per heavy atom. The predicted octanol–water partition coefficient (Wildman–Crippen LogP) is 4.03. The fraction of sp³-hybridized carbons (Fsp3) is 0. The van der Waals surface area contributed by atoms with Crippen LogP contribution in [-0.2, 0) is 0 Å². The second-order valence-electron chi connectivity index (χ2n) is 4.34. The van der Waals surface area contributed by atoms with Crippen LogP contribution in [0.3, 0.4) is 0 Å². The van der Waals surface area contributed by atoms with E-state index in [0.717, 1.165) is 6.07 Å². The van der Waals surface area contributed by atoms with E-state index in [4.69, 9.17) is 35.4 Å². The number of benzene rings is 2. The van der Waals surface area contributed by atoms with E-state index in [0.29, 0.717) is 10.7 Å². The van der Waals surface area contributed by atoms with Gasteiger partial charge in [-0.05, 0) is 48.6 Å². The zero-order valence-corrected chi connectivity index (χ0v) is 13.7. The van der Waals surface area contributed by atoms with Crippen LogP contribution in [0.4, 0.5) is 11.4 Å². The van der Waals surface area contributed by atoms with Gasteiger partial charge in [0, 0.05) is 22.3 Å². The third-order valence-electron chi connectivity index (χ3n) is 2.73. The Hall–Kier alpha value is -2.22. The molecule has 0 saturated heterocycles. The van der Waals surface area contributed by atoms with Crippen molar-refractivity contribution in [1.82, 2.24) is 5.32 Å². The van der Waals surface area contributed by atoms with Crippen LogP contribution in [0.5, 0.6) is 0 Å². The van der Waals surface area contributed by atoms with Crippen molar-refractivity contribution >= 4 is 57.8 Å². The Morgan fingerprint density at radius 2 is 1.78 bits per heavy atom. The molecule has 0 bridgehead atoms. The van der Waals surface area contributed by atoms with E-state index in [1.54, 1.807) is 24.3 Å². The first-order valence-corrected chi connectivity index (χ1v) is 7.35. The van der Waals surface area contributed by atoms with Crippen LogP contribution in [0.1, 0.15) is 10.4 Å². The molecule has 2 aromatic carbocycles. The van der Waals surface area contributed by atoms with E-state index in [-0.39, 0.29) is 21.4 Å². The fourth-order valence-corrected chi connectivity index (χ4v) is 2.19. The highest BCUT2D eigenvalue weighted by Crippen LogP contribution is 2.25. The molecule has 6 nitrogen and oxygen atoms in total. The first-order chi connectivity index (χ1) is 10.9. The van der Waals surface area contributed by atoms with E-state index in [1.807, 2.05) is 0 Å². The Balaban J connectivity index is 2.06. The maximum Gasteiger partial charge on any atom is 0.288 e. The Morgan fingerprint density at radius 1 is 1.13 bits per heavy atom. The van der Waals surface area contributed by atoms with Crippen molar-refractivity contribution in [2.45, 2.75) is 0 Å². The SMILES string of the molecule is O=C(NC(=S)Nc1ccc(Cl)cc1)c1ccc(Cl)c([N+](=O)[O-])c1. The summed E-state index contributed by atoms with van der Waals surface area (Å²) in [6.45, 7) is 0. The zero-order valence-electron chi connectivity index (χ0n) is 11.4. The van der Waals surface area contributed by atoms with Crippen LogP contribution in [0.25, 0.3) is 0 Å². The van der Waals surface area contributed by atoms with Crippen LogP contribution >= 0.6 is 35.4 Å². The zero-order chi connectivity index (χ0) is 17.0. The number of carbonyl (C=O) groups excluding carboxylic acids is 1. The van der Waals surface area contributed by atoms with Crippen molar-refractivity contribution < 1.29 is 9.72 Å². The smallest absolute Gasteiger partial charge is 0.288 e. The number of nitrogens with one attached hydrogen (secondary N) is 2. The molecular formula is C14H9Cl2N3O3S. The van der Waals surface area contributed by atoms with E-state index >= 15 is 0 Å². The van der Waals surface area contributed by atoms with E-state index < -0.39 is 10.8 Å². The molecule has 23 heavy (non-hydrogen) atoms. The lowest BCUT2D eigenvalue weighted by Crippen LogP contribution is -2.34. The molecule has 2 rings (SSSR count).